The Balaban J connectivity index is 1.56. The van der Waals surface area contributed by atoms with E-state index in [9.17, 15) is 9.18 Å². The second kappa shape index (κ2) is 8.35. The number of guanidine groups is 1. The van der Waals surface area contributed by atoms with Crippen molar-refractivity contribution in [3.63, 3.8) is 0 Å². The summed E-state index contributed by atoms with van der Waals surface area (Å²) in [7, 11) is 1.74. The summed E-state index contributed by atoms with van der Waals surface area (Å²) in [4.78, 5) is 19.7. The van der Waals surface area contributed by atoms with Gasteiger partial charge in [-0.3, -0.25) is 9.79 Å². The Morgan fingerprint density at radius 3 is 2.69 bits per heavy atom. The molecule has 1 fully saturated rings. The number of carbonyl (C=O) groups excluding carboxylic acids is 1. The van der Waals surface area contributed by atoms with Gasteiger partial charge in [0.1, 0.15) is 11.6 Å². The van der Waals surface area contributed by atoms with Crippen molar-refractivity contribution in [3.8, 4) is 5.75 Å². The lowest BCUT2D eigenvalue weighted by atomic mass is 10.1. The second-order valence-corrected chi connectivity index (χ2v) is 6.38. The molecule has 0 saturated carbocycles. The highest BCUT2D eigenvalue weighted by molar-refractivity contribution is 5.80. The molecule has 1 saturated heterocycles. The molecule has 8 heteroatoms. The van der Waals surface area contributed by atoms with Gasteiger partial charge >= 0.3 is 0 Å². The molecule has 1 N–H and O–H groups in total. The molecule has 0 radical (unpaired) electrons. The predicted molar refractivity (Wildman–Crippen MR) is 95.6 cm³/mol. The molecule has 0 atom stereocenters. The number of amides is 1. The Kier molecular flexibility index (Phi) is 5.92. The van der Waals surface area contributed by atoms with E-state index in [2.05, 4.69) is 15.2 Å². The number of benzene rings is 1. The minimum absolute atomic E-state index is 0.104. The number of rotatable bonds is 3. The molecule has 0 unspecified atom stereocenters. The molecule has 2 aliphatic rings. The molecule has 0 aromatic heterocycles. The van der Waals surface area contributed by atoms with E-state index in [4.69, 9.17) is 9.47 Å². The van der Waals surface area contributed by atoms with Crippen LogP contribution in [0.1, 0.15) is 18.1 Å². The molecule has 3 rings (SSSR count). The lowest BCUT2D eigenvalue weighted by molar-refractivity contribution is -0.130. The lowest BCUT2D eigenvalue weighted by Gasteiger charge is -2.36. The first-order valence-electron chi connectivity index (χ1n) is 8.81. The van der Waals surface area contributed by atoms with Gasteiger partial charge in [-0.25, -0.2) is 4.39 Å². The van der Waals surface area contributed by atoms with Crippen LogP contribution in [0.25, 0.3) is 0 Å². The van der Waals surface area contributed by atoms with Crippen LogP contribution in [0, 0.1) is 5.82 Å². The number of nitrogens with one attached hydrogen (secondary N) is 1. The summed E-state index contributed by atoms with van der Waals surface area (Å²) in [6.07, 6.45) is 0.618. The first-order valence-corrected chi connectivity index (χ1v) is 8.81. The molecular formula is C18H25FN4O3. The predicted octanol–water partition coefficient (Wildman–Crippen LogP) is 0.974. The zero-order valence-electron chi connectivity index (χ0n) is 15.3. The van der Waals surface area contributed by atoms with Crippen molar-refractivity contribution >= 4 is 11.9 Å². The van der Waals surface area contributed by atoms with Crippen molar-refractivity contribution in [1.82, 2.24) is 15.1 Å². The number of hydrogen-bond donors (Lipinski definition) is 1. The van der Waals surface area contributed by atoms with E-state index < -0.39 is 0 Å². The minimum atomic E-state index is -0.280. The van der Waals surface area contributed by atoms with E-state index in [1.54, 1.807) is 14.0 Å². The maximum Gasteiger partial charge on any atom is 0.219 e. The number of aliphatic imine (C=N–C) groups is 1. The molecule has 7 nitrogen and oxygen atoms in total. The highest BCUT2D eigenvalue weighted by atomic mass is 19.1. The Morgan fingerprint density at radius 2 is 2.00 bits per heavy atom. The fraction of sp³-hybridized carbons (Fsp3) is 0.556. The number of fused-ring (bicyclic) bond motifs is 1. The number of halogens is 1. The van der Waals surface area contributed by atoms with Gasteiger partial charge in [0, 0.05) is 52.3 Å². The van der Waals surface area contributed by atoms with Crippen molar-refractivity contribution < 1.29 is 18.7 Å². The normalized spacial score (nSPS) is 17.6. The van der Waals surface area contributed by atoms with Gasteiger partial charge in [-0.1, -0.05) is 0 Å². The van der Waals surface area contributed by atoms with Gasteiger partial charge in [0.25, 0.3) is 0 Å². The fourth-order valence-corrected chi connectivity index (χ4v) is 3.32. The van der Waals surface area contributed by atoms with Gasteiger partial charge in [-0.05, 0) is 24.1 Å². The number of hydrogen-bond acceptors (Lipinski definition) is 4. The SMILES string of the molecule is CN=C(NCCc1cc(F)cc2c1OCOC2)N1CCN(C(C)=O)CC1. The van der Waals surface area contributed by atoms with Crippen molar-refractivity contribution in [1.29, 1.82) is 0 Å². The van der Waals surface area contributed by atoms with E-state index in [1.165, 1.54) is 12.1 Å². The van der Waals surface area contributed by atoms with Crippen LogP contribution < -0.4 is 10.1 Å². The third-order valence-electron chi connectivity index (χ3n) is 4.67. The second-order valence-electron chi connectivity index (χ2n) is 6.38. The Hall–Kier alpha value is -2.35. The quantitative estimate of drug-likeness (QED) is 0.640. The van der Waals surface area contributed by atoms with Crippen LogP contribution in [-0.4, -0.2) is 68.2 Å². The molecule has 142 valence electrons. The summed E-state index contributed by atoms with van der Waals surface area (Å²) in [5.74, 6) is 1.34. The summed E-state index contributed by atoms with van der Waals surface area (Å²) in [6, 6.07) is 2.97. The van der Waals surface area contributed by atoms with E-state index in [1.807, 2.05) is 4.90 Å². The summed E-state index contributed by atoms with van der Waals surface area (Å²) < 4.78 is 24.6. The van der Waals surface area contributed by atoms with Crippen LogP contribution >= 0.6 is 0 Å². The summed E-state index contributed by atoms with van der Waals surface area (Å²) >= 11 is 0. The highest BCUT2D eigenvalue weighted by Crippen LogP contribution is 2.29. The summed E-state index contributed by atoms with van der Waals surface area (Å²) in [5, 5.41) is 3.32. The molecule has 1 aromatic carbocycles. The Morgan fingerprint density at radius 1 is 1.27 bits per heavy atom. The average Bonchev–Trinajstić information content (AvgIpc) is 2.65. The molecule has 1 amide bonds. The topological polar surface area (TPSA) is 66.4 Å². The Bertz CT molecular complexity index is 687. The van der Waals surface area contributed by atoms with Crippen molar-refractivity contribution in [2.75, 3.05) is 46.6 Å². The number of piperazine rings is 1. The van der Waals surface area contributed by atoms with Crippen LogP contribution in [-0.2, 0) is 22.6 Å². The molecule has 0 aliphatic carbocycles. The van der Waals surface area contributed by atoms with Crippen LogP contribution in [0.15, 0.2) is 17.1 Å². The van der Waals surface area contributed by atoms with Crippen LogP contribution in [0.3, 0.4) is 0 Å². The molecule has 0 spiro atoms. The first kappa shape index (κ1) is 18.4. The van der Waals surface area contributed by atoms with Crippen molar-refractivity contribution in [2.24, 2.45) is 4.99 Å². The zero-order chi connectivity index (χ0) is 18.5. The third-order valence-corrected chi connectivity index (χ3v) is 4.67. The van der Waals surface area contributed by atoms with Gasteiger partial charge in [-0.15, -0.1) is 0 Å². The minimum Gasteiger partial charge on any atom is -0.467 e. The van der Waals surface area contributed by atoms with E-state index in [0.29, 0.717) is 32.7 Å². The molecule has 0 bridgehead atoms. The standard InChI is InChI=1S/C18H25FN4O3/c1-13(24)22-5-7-23(8-6-22)18(20-2)21-4-3-14-9-16(19)10-15-11-25-12-26-17(14)15/h9-10H,3-8,11-12H2,1-2H3,(H,20,21). The van der Waals surface area contributed by atoms with E-state index in [0.717, 1.165) is 35.9 Å². The first-order chi connectivity index (χ1) is 12.6. The monoisotopic (exact) mass is 364 g/mol. The lowest BCUT2D eigenvalue weighted by Crippen LogP contribution is -2.53. The summed E-state index contributed by atoms with van der Waals surface area (Å²) in [5.41, 5.74) is 1.57. The van der Waals surface area contributed by atoms with Crippen LogP contribution in [0.2, 0.25) is 0 Å². The molecule has 1 aromatic rings. The van der Waals surface area contributed by atoms with Gasteiger partial charge in [-0.2, -0.15) is 0 Å². The van der Waals surface area contributed by atoms with Gasteiger partial charge in [0.05, 0.1) is 6.61 Å². The largest absolute Gasteiger partial charge is 0.467 e. The molecule has 2 aliphatic heterocycles. The molecular weight excluding hydrogens is 339 g/mol. The highest BCUT2D eigenvalue weighted by Gasteiger charge is 2.21. The van der Waals surface area contributed by atoms with Crippen LogP contribution in [0.4, 0.5) is 4.39 Å². The van der Waals surface area contributed by atoms with E-state index >= 15 is 0 Å². The molecule has 2 heterocycles. The summed E-state index contributed by atoms with van der Waals surface area (Å²) in [6.45, 7) is 5.65. The zero-order valence-corrected chi connectivity index (χ0v) is 15.3. The molecule has 26 heavy (non-hydrogen) atoms. The fourth-order valence-electron chi connectivity index (χ4n) is 3.32. The van der Waals surface area contributed by atoms with Gasteiger partial charge in [0.2, 0.25) is 5.91 Å². The van der Waals surface area contributed by atoms with Gasteiger partial charge < -0.3 is 24.6 Å². The number of carbonyl (C=O) groups is 1. The maximum absolute atomic E-state index is 13.8. The Labute approximate surface area is 152 Å². The van der Waals surface area contributed by atoms with Crippen molar-refractivity contribution in [3.05, 3.63) is 29.1 Å². The van der Waals surface area contributed by atoms with Crippen molar-refractivity contribution in [2.45, 2.75) is 20.0 Å². The number of nitrogens with zero attached hydrogens (tertiary/aromatic N) is 3. The van der Waals surface area contributed by atoms with Crippen LogP contribution in [0.5, 0.6) is 5.75 Å². The van der Waals surface area contributed by atoms with E-state index in [-0.39, 0.29) is 18.5 Å². The maximum atomic E-state index is 13.8. The third kappa shape index (κ3) is 4.24. The number of ether oxygens (including phenoxy) is 2. The van der Waals surface area contributed by atoms with Gasteiger partial charge in [0.15, 0.2) is 12.8 Å². The average molecular weight is 364 g/mol. The smallest absolute Gasteiger partial charge is 0.219 e.